The number of hydrogen-bond donors (Lipinski definition) is 2. The molecule has 120 valence electrons. The van der Waals surface area contributed by atoms with Gasteiger partial charge >= 0.3 is 0 Å². The summed E-state index contributed by atoms with van der Waals surface area (Å²) in [4.78, 5) is 0. The Morgan fingerprint density at radius 2 is 1.32 bits per heavy atom. The minimum absolute atomic E-state index is 0.00667. The van der Waals surface area contributed by atoms with Crippen LogP contribution in [0.3, 0.4) is 0 Å². The fourth-order valence-corrected chi connectivity index (χ4v) is 1.47. The van der Waals surface area contributed by atoms with Crippen LogP contribution in [0.1, 0.15) is 13.8 Å². The normalized spacial score (nSPS) is 12.7. The molecule has 0 amide bonds. The monoisotopic (exact) mass is 304 g/mol. The van der Waals surface area contributed by atoms with Crippen molar-refractivity contribution < 1.29 is 19.7 Å². The highest BCUT2D eigenvalue weighted by Crippen LogP contribution is 2.19. The van der Waals surface area contributed by atoms with Crippen LogP contribution >= 0.6 is 0 Å². The minimum atomic E-state index is -0.445. The molecule has 2 atom stereocenters. The van der Waals surface area contributed by atoms with Crippen molar-refractivity contribution in [3.05, 3.63) is 60.7 Å². The highest BCUT2D eigenvalue weighted by Gasteiger charge is 2.00. The number of hydrogen-bond acceptors (Lipinski definition) is 4. The minimum Gasteiger partial charge on any atom is -0.457 e. The molecule has 22 heavy (non-hydrogen) atoms. The predicted octanol–water partition coefficient (Wildman–Crippen LogP) is 3.24. The topological polar surface area (TPSA) is 58.9 Å². The molecule has 0 saturated heterocycles. The molecule has 2 aromatic rings. The van der Waals surface area contributed by atoms with Crippen molar-refractivity contribution in [1.82, 2.24) is 0 Å². The lowest BCUT2D eigenvalue weighted by atomic mass is 10.3. The van der Waals surface area contributed by atoms with Gasteiger partial charge in [0.2, 0.25) is 0 Å². The summed E-state index contributed by atoms with van der Waals surface area (Å²) in [5.74, 6) is 1.74. The van der Waals surface area contributed by atoms with Crippen molar-refractivity contribution in [2.75, 3.05) is 13.2 Å². The number of aliphatic hydroxyl groups is 2. The van der Waals surface area contributed by atoms with Crippen LogP contribution < -0.4 is 4.74 Å². The standard InChI is InChI=1S/C12H10O.C6H14O3/c1-3-7-11(8-4-1)13-12-9-5-2-6-10-12;1-5(8)4-9-6(2)3-7/h1-10H;5-8H,3-4H2,1-2H3. The summed E-state index contributed by atoms with van der Waals surface area (Å²) in [6, 6.07) is 19.5. The zero-order valence-corrected chi connectivity index (χ0v) is 13.1. The zero-order chi connectivity index (χ0) is 16.2. The quantitative estimate of drug-likeness (QED) is 0.860. The second-order valence-corrected chi connectivity index (χ2v) is 4.90. The van der Waals surface area contributed by atoms with Gasteiger partial charge in [-0.05, 0) is 38.1 Å². The Morgan fingerprint density at radius 1 is 0.864 bits per heavy atom. The van der Waals surface area contributed by atoms with Crippen molar-refractivity contribution in [3.8, 4) is 11.5 Å². The molecular formula is C18H24O4. The van der Waals surface area contributed by atoms with Crippen molar-refractivity contribution >= 4 is 0 Å². The molecule has 0 aliphatic carbocycles. The van der Waals surface area contributed by atoms with Crippen LogP contribution in [0, 0.1) is 0 Å². The summed E-state index contributed by atoms with van der Waals surface area (Å²) >= 11 is 0. The highest BCUT2D eigenvalue weighted by atomic mass is 16.5. The molecule has 2 N–H and O–H groups in total. The number of ether oxygens (including phenoxy) is 2. The van der Waals surface area contributed by atoms with E-state index >= 15 is 0 Å². The summed E-state index contributed by atoms with van der Waals surface area (Å²) in [6.45, 7) is 3.70. The van der Waals surface area contributed by atoms with Gasteiger partial charge in [-0.15, -0.1) is 0 Å². The van der Waals surface area contributed by atoms with Crippen LogP contribution in [0.25, 0.3) is 0 Å². The molecule has 0 aromatic heterocycles. The van der Waals surface area contributed by atoms with Gasteiger partial charge < -0.3 is 19.7 Å². The van der Waals surface area contributed by atoms with Gasteiger partial charge in [-0.2, -0.15) is 0 Å². The van der Waals surface area contributed by atoms with E-state index in [0.29, 0.717) is 6.61 Å². The van der Waals surface area contributed by atoms with E-state index in [1.165, 1.54) is 0 Å². The SMILES string of the molecule is CC(O)COC(C)CO.c1ccc(Oc2ccccc2)cc1. The third kappa shape index (κ3) is 8.42. The molecule has 0 radical (unpaired) electrons. The van der Waals surface area contributed by atoms with Crippen LogP contribution in [0.2, 0.25) is 0 Å². The third-order valence-corrected chi connectivity index (χ3v) is 2.60. The van der Waals surface area contributed by atoms with Crippen LogP contribution in [0.15, 0.2) is 60.7 Å². The van der Waals surface area contributed by atoms with Crippen LogP contribution in [0.4, 0.5) is 0 Å². The Kier molecular flexibility index (Phi) is 8.91. The lowest BCUT2D eigenvalue weighted by molar-refractivity contribution is -0.0177. The van der Waals surface area contributed by atoms with E-state index in [1.54, 1.807) is 13.8 Å². The van der Waals surface area contributed by atoms with Gasteiger partial charge in [-0.25, -0.2) is 0 Å². The summed E-state index contributed by atoms with van der Waals surface area (Å²) in [5, 5.41) is 17.1. The van der Waals surface area contributed by atoms with Gasteiger partial charge in [-0.1, -0.05) is 36.4 Å². The van der Waals surface area contributed by atoms with Gasteiger partial charge in [0.05, 0.1) is 25.4 Å². The second kappa shape index (κ2) is 10.8. The van der Waals surface area contributed by atoms with Crippen molar-refractivity contribution in [2.45, 2.75) is 26.1 Å². The Bertz CT molecular complexity index is 447. The maximum atomic E-state index is 8.69. The molecule has 2 aromatic carbocycles. The zero-order valence-electron chi connectivity index (χ0n) is 13.1. The van der Waals surface area contributed by atoms with Crippen LogP contribution in [-0.4, -0.2) is 35.6 Å². The van der Waals surface area contributed by atoms with Gasteiger partial charge in [0, 0.05) is 0 Å². The molecule has 0 aliphatic rings. The lowest BCUT2D eigenvalue weighted by Crippen LogP contribution is -2.19. The van der Waals surface area contributed by atoms with Gasteiger partial charge in [0.15, 0.2) is 0 Å². The third-order valence-electron chi connectivity index (χ3n) is 2.60. The largest absolute Gasteiger partial charge is 0.457 e. The number of aliphatic hydroxyl groups excluding tert-OH is 2. The average Bonchev–Trinajstić information content (AvgIpc) is 2.55. The summed E-state index contributed by atoms with van der Waals surface area (Å²) in [6.07, 6.45) is -0.612. The Hall–Kier alpha value is -1.88. The maximum absolute atomic E-state index is 8.69. The highest BCUT2D eigenvalue weighted by molar-refractivity contribution is 5.30. The predicted molar refractivity (Wildman–Crippen MR) is 87.1 cm³/mol. The van der Waals surface area contributed by atoms with Crippen LogP contribution in [0.5, 0.6) is 11.5 Å². The molecule has 0 saturated carbocycles. The molecular weight excluding hydrogens is 280 g/mol. The van der Waals surface area contributed by atoms with Gasteiger partial charge in [-0.3, -0.25) is 0 Å². The maximum Gasteiger partial charge on any atom is 0.127 e. The van der Waals surface area contributed by atoms with E-state index in [4.69, 9.17) is 19.7 Å². The van der Waals surface area contributed by atoms with E-state index < -0.39 is 6.10 Å². The van der Waals surface area contributed by atoms with E-state index in [2.05, 4.69) is 0 Å². The van der Waals surface area contributed by atoms with Crippen molar-refractivity contribution in [1.29, 1.82) is 0 Å². The fourth-order valence-electron chi connectivity index (χ4n) is 1.47. The van der Waals surface area contributed by atoms with E-state index in [1.807, 2.05) is 60.7 Å². The average molecular weight is 304 g/mol. The summed E-state index contributed by atoms with van der Waals surface area (Å²) in [7, 11) is 0. The molecule has 0 heterocycles. The molecule has 0 aliphatic heterocycles. The van der Waals surface area contributed by atoms with Gasteiger partial charge in [0.1, 0.15) is 11.5 Å². The molecule has 0 bridgehead atoms. The first-order valence-electron chi connectivity index (χ1n) is 7.30. The van der Waals surface area contributed by atoms with Crippen LogP contribution in [-0.2, 0) is 4.74 Å². The second-order valence-electron chi connectivity index (χ2n) is 4.90. The van der Waals surface area contributed by atoms with E-state index in [0.717, 1.165) is 11.5 Å². The summed E-state index contributed by atoms with van der Waals surface area (Å²) < 4.78 is 10.5. The smallest absolute Gasteiger partial charge is 0.127 e. The Morgan fingerprint density at radius 3 is 1.68 bits per heavy atom. The summed E-state index contributed by atoms with van der Waals surface area (Å²) in [5.41, 5.74) is 0. The molecule has 4 nitrogen and oxygen atoms in total. The number of para-hydroxylation sites is 2. The number of benzene rings is 2. The molecule has 2 unspecified atom stereocenters. The molecule has 0 fully saturated rings. The first-order chi connectivity index (χ1) is 10.6. The Labute approximate surface area is 131 Å². The number of rotatable bonds is 6. The molecule has 0 spiro atoms. The lowest BCUT2D eigenvalue weighted by Gasteiger charge is -2.10. The first kappa shape index (κ1) is 18.2. The van der Waals surface area contributed by atoms with Gasteiger partial charge in [0.25, 0.3) is 0 Å². The van der Waals surface area contributed by atoms with Crippen molar-refractivity contribution in [3.63, 3.8) is 0 Å². The van der Waals surface area contributed by atoms with Crippen molar-refractivity contribution in [2.24, 2.45) is 0 Å². The van der Waals surface area contributed by atoms with E-state index in [-0.39, 0.29) is 12.7 Å². The molecule has 2 rings (SSSR count). The Balaban J connectivity index is 0.000000239. The fraction of sp³-hybridized carbons (Fsp3) is 0.333. The van der Waals surface area contributed by atoms with E-state index in [9.17, 15) is 0 Å². The first-order valence-corrected chi connectivity index (χ1v) is 7.30. The molecule has 4 heteroatoms.